The van der Waals surface area contributed by atoms with E-state index < -0.39 is 17.6 Å². The van der Waals surface area contributed by atoms with Crippen LogP contribution >= 0.6 is 11.3 Å². The molecular weight excluding hydrogens is 1520 g/mol. The molecule has 0 bridgehead atoms. The molecule has 1 saturated carbocycles. The van der Waals surface area contributed by atoms with Crippen molar-refractivity contribution >= 4 is 63.5 Å². The normalized spacial score (nSPS) is 16.6. The summed E-state index contributed by atoms with van der Waals surface area (Å²) in [6.45, 7) is 21.5. The van der Waals surface area contributed by atoms with Gasteiger partial charge in [-0.15, -0.1) is 11.3 Å². The highest BCUT2D eigenvalue weighted by molar-refractivity contribution is 7.16. The predicted molar refractivity (Wildman–Crippen MR) is 496 cm³/mol. The lowest BCUT2D eigenvalue weighted by Crippen LogP contribution is -2.34. The van der Waals surface area contributed by atoms with Crippen LogP contribution in [0.1, 0.15) is 285 Å². The van der Waals surface area contributed by atoms with Crippen molar-refractivity contribution in [3.63, 3.8) is 0 Å². The molecule has 0 saturated heterocycles. The second-order valence-electron chi connectivity index (χ2n) is 33.8. The number of anilines is 2. The Hall–Kier alpha value is -10.4. The summed E-state index contributed by atoms with van der Waals surface area (Å²) in [7, 11) is 0. The molecule has 0 radical (unpaired) electrons. The average Bonchev–Trinajstić information content (AvgIpc) is 1.55. The number of amides is 2. The van der Waals surface area contributed by atoms with E-state index in [1.807, 2.05) is 34.1 Å². The van der Waals surface area contributed by atoms with Gasteiger partial charge in [-0.1, -0.05) is 268 Å². The number of carbonyl (C=O) groups is 3. The summed E-state index contributed by atoms with van der Waals surface area (Å²) in [4.78, 5) is 51.9. The van der Waals surface area contributed by atoms with Gasteiger partial charge >= 0.3 is 5.97 Å². The van der Waals surface area contributed by atoms with Crippen LogP contribution in [0, 0.1) is 23.2 Å². The highest BCUT2D eigenvalue weighted by Crippen LogP contribution is 2.55. The maximum absolute atomic E-state index is 15.8. The number of ether oxygens (including phenoxy) is 5. The van der Waals surface area contributed by atoms with Crippen LogP contribution in [0.25, 0.3) is 55.7 Å². The lowest BCUT2D eigenvalue weighted by molar-refractivity contribution is -0.132. The monoisotopic (exact) mass is 1640 g/mol. The summed E-state index contributed by atoms with van der Waals surface area (Å²) in [5.41, 5.74) is 17.2. The smallest absolute Gasteiger partial charge is 0.346 e. The number of aliphatic carboxylic acids is 1. The minimum Gasteiger partial charge on any atom is -0.493 e. The molecule has 4 aliphatic heterocycles. The van der Waals surface area contributed by atoms with Crippen molar-refractivity contribution < 1.29 is 43.2 Å². The standard InChI is InChI=1S/C107H128N4O9S/c1-9-17-23-27-62-116-86-53-56-89(97(69-86)118-64-29-25-19-11-3)77-38-42-79(43-39-77)92(80-44-40-78(41-45-80)90-57-54-87(117-63-28-24-18-10-2)70-98(90)119-65-30-26-20-12-4)66-76-36-51-85(52-37-76)111-94-35-31-34-91(94)93-68-83(50-58-95(93)111)99-60-61-100(121-99)104-102-101(105(112)110(104)73-75(16-8)33-22-14-6)103(109(106(102)113)72-74(15-7)32-21-13-5)82-48-46-81(47-49-82)96-59-55-88(120-96)67-84(71-108)107(114)115/h36-58,60-61,66-70,74-75,91,94,96H,9-35,59,62-65,72-73H2,1-8H3,(H,114,115)/b84-67+. The maximum atomic E-state index is 15.8. The quantitative estimate of drug-likeness (QED) is 0.0168. The molecule has 1 N–H and O–H groups in total. The second-order valence-corrected chi connectivity index (χ2v) is 34.9. The maximum Gasteiger partial charge on any atom is 0.346 e. The first-order chi connectivity index (χ1) is 59.3. The summed E-state index contributed by atoms with van der Waals surface area (Å²) in [5.74, 6) is 2.99. The van der Waals surface area contributed by atoms with Crippen LogP contribution < -0.4 is 23.8 Å². The van der Waals surface area contributed by atoms with Gasteiger partial charge < -0.3 is 43.5 Å². The fourth-order valence-electron chi connectivity index (χ4n) is 18.2. The molecule has 13 rings (SSSR count). The molecule has 7 aromatic carbocycles. The molecule has 1 aliphatic carbocycles. The molecule has 1 aromatic heterocycles. The van der Waals surface area contributed by atoms with Crippen molar-refractivity contribution in [2.45, 2.75) is 253 Å². The van der Waals surface area contributed by atoms with Gasteiger partial charge in [0.25, 0.3) is 11.8 Å². The van der Waals surface area contributed by atoms with Gasteiger partial charge in [-0.05, 0) is 192 Å². The largest absolute Gasteiger partial charge is 0.493 e. The number of carbonyl (C=O) groups excluding carboxylic acids is 2. The zero-order valence-electron chi connectivity index (χ0n) is 73.2. The van der Waals surface area contributed by atoms with E-state index in [0.717, 1.165) is 222 Å². The Bertz CT molecular complexity index is 4900. The average molecular weight is 1650 g/mol. The number of carboxylic acids is 1. The van der Waals surface area contributed by atoms with Crippen molar-refractivity contribution in [2.24, 2.45) is 11.8 Å². The van der Waals surface area contributed by atoms with Crippen LogP contribution in [0.2, 0.25) is 0 Å². The summed E-state index contributed by atoms with van der Waals surface area (Å²) in [6.07, 6.45) is 35.0. The number of hydrogen-bond donors (Lipinski definition) is 1. The molecule has 14 heteroatoms. The van der Waals surface area contributed by atoms with Gasteiger partial charge in [0.2, 0.25) is 0 Å². The van der Waals surface area contributed by atoms with E-state index in [9.17, 15) is 15.2 Å². The first kappa shape index (κ1) is 88.4. The number of thiophene rings is 1. The molecule has 636 valence electrons. The van der Waals surface area contributed by atoms with E-state index in [-0.39, 0.29) is 23.7 Å². The van der Waals surface area contributed by atoms with Gasteiger partial charge in [0.15, 0.2) is 0 Å². The van der Waals surface area contributed by atoms with Crippen LogP contribution in [0.4, 0.5) is 11.4 Å². The van der Waals surface area contributed by atoms with Gasteiger partial charge in [0.1, 0.15) is 46.5 Å². The third-order valence-corrected chi connectivity index (χ3v) is 26.4. The molecule has 1 fully saturated rings. The summed E-state index contributed by atoms with van der Waals surface area (Å²) >= 11 is 1.67. The minimum atomic E-state index is -1.31. The van der Waals surface area contributed by atoms with Crippen molar-refractivity contribution in [1.29, 1.82) is 5.26 Å². The number of allylic oxidation sites excluding steroid dienone is 1. The zero-order chi connectivity index (χ0) is 84.6. The molecule has 121 heavy (non-hydrogen) atoms. The molecule has 0 spiro atoms. The Balaban J connectivity index is 0.822. The van der Waals surface area contributed by atoms with Crippen LogP contribution in [0.15, 0.2) is 198 Å². The Kier molecular flexibility index (Phi) is 32.1. The van der Waals surface area contributed by atoms with E-state index in [2.05, 4.69) is 206 Å². The molecule has 13 nitrogen and oxygen atoms in total. The predicted octanol–water partition coefficient (Wildman–Crippen LogP) is 28.1. The Morgan fingerprint density at radius 2 is 1.02 bits per heavy atom. The third-order valence-electron chi connectivity index (χ3n) is 25.2. The highest BCUT2D eigenvalue weighted by atomic mass is 32.1. The van der Waals surface area contributed by atoms with E-state index in [1.54, 1.807) is 23.5 Å². The molecule has 8 aromatic rings. The van der Waals surface area contributed by atoms with Crippen LogP contribution in [-0.4, -0.2) is 78.2 Å². The number of fused-ring (bicyclic) bond motifs is 4. The van der Waals surface area contributed by atoms with Crippen molar-refractivity contribution in [3.05, 3.63) is 237 Å². The van der Waals surface area contributed by atoms with Crippen LogP contribution in [0.5, 0.6) is 23.0 Å². The molecule has 5 unspecified atom stereocenters. The number of benzene rings is 7. The Morgan fingerprint density at radius 3 is 1.53 bits per heavy atom. The van der Waals surface area contributed by atoms with Gasteiger partial charge in [-0.25, -0.2) is 4.79 Å². The fourth-order valence-corrected chi connectivity index (χ4v) is 19.3. The van der Waals surface area contributed by atoms with Crippen molar-refractivity contribution in [1.82, 2.24) is 9.80 Å². The van der Waals surface area contributed by atoms with Crippen molar-refractivity contribution in [2.75, 3.05) is 44.4 Å². The number of hydrogen-bond acceptors (Lipinski definition) is 11. The Labute approximate surface area is 725 Å². The number of rotatable bonds is 48. The third kappa shape index (κ3) is 21.6. The number of carboxylic acid groups (broad SMARTS) is 1. The van der Waals surface area contributed by atoms with Gasteiger partial charge in [-0.3, -0.25) is 9.59 Å². The van der Waals surface area contributed by atoms with E-state index in [1.165, 1.54) is 74.4 Å². The summed E-state index contributed by atoms with van der Waals surface area (Å²) < 4.78 is 32.2. The van der Waals surface area contributed by atoms with E-state index in [4.69, 9.17) is 23.7 Å². The lowest BCUT2D eigenvalue weighted by Gasteiger charge is -2.29. The fraction of sp³-hybridized carbons (Fsp3) is 0.439. The lowest BCUT2D eigenvalue weighted by atomic mass is 9.92. The van der Waals surface area contributed by atoms with E-state index >= 15 is 9.59 Å². The molecule has 5 aliphatic rings. The van der Waals surface area contributed by atoms with Crippen LogP contribution in [0.3, 0.4) is 0 Å². The Morgan fingerprint density at radius 1 is 0.521 bits per heavy atom. The molecule has 2 amide bonds. The summed E-state index contributed by atoms with van der Waals surface area (Å²) in [6, 6.07) is 61.4. The first-order valence-corrected chi connectivity index (χ1v) is 46.9. The molecule has 5 heterocycles. The first-order valence-electron chi connectivity index (χ1n) is 46.1. The molecule has 5 atom stereocenters. The topological polar surface area (TPSA) is 151 Å². The molecular formula is C107H128N4O9S. The zero-order valence-corrected chi connectivity index (χ0v) is 74.0. The SMILES string of the molecule is CCCCCCOc1ccc(-c2ccc(C(=Cc3ccc(N4c5ccc(-c6ccc(C7=C8C(=O)N(CC(CC)CCCC)C(c9ccc(C%10CC=C(/C=C(\C#N)C(=O)O)O%10)cc9)=C8C(=O)N7CC(CC)CCCC)s6)cc5C5CCCC54)cc3)c3ccc(-c4ccc(OCCCCCC)cc4OCCCCCC)cc3)cc2)c(OCCCCCC)c1. The van der Waals surface area contributed by atoms with E-state index in [0.29, 0.717) is 80.5 Å². The van der Waals surface area contributed by atoms with Crippen LogP contribution in [-0.2, 0) is 19.1 Å². The van der Waals surface area contributed by atoms with Gasteiger partial charge in [0, 0.05) is 77.1 Å². The summed E-state index contributed by atoms with van der Waals surface area (Å²) in [5, 5.41) is 19.0. The number of unbranched alkanes of at least 4 members (excludes halogenated alkanes) is 14. The number of nitrogens with zero attached hydrogens (tertiary/aromatic N) is 4. The van der Waals surface area contributed by atoms with Crippen molar-refractivity contribution in [3.8, 4) is 61.8 Å². The van der Waals surface area contributed by atoms with Gasteiger partial charge in [-0.2, -0.15) is 5.26 Å². The van der Waals surface area contributed by atoms with Gasteiger partial charge in [0.05, 0.1) is 53.8 Å². The minimum absolute atomic E-state index is 0.127. The highest BCUT2D eigenvalue weighted by Gasteiger charge is 2.50. The number of nitriles is 1. The second kappa shape index (κ2) is 43.9.